The molecule has 1 spiro atoms. The summed E-state index contributed by atoms with van der Waals surface area (Å²) in [7, 11) is 1.77. The molecule has 2 aliphatic rings. The minimum atomic E-state index is -0.470. The van der Waals surface area contributed by atoms with Crippen LogP contribution in [0.15, 0.2) is 6.20 Å². The molecular formula is C23H40N4O3. The molecule has 0 radical (unpaired) electrons. The second kappa shape index (κ2) is 8.87. The second-order valence-corrected chi connectivity index (χ2v) is 11.0. The summed E-state index contributed by atoms with van der Waals surface area (Å²) in [6, 6.07) is 0. The van der Waals surface area contributed by atoms with Crippen molar-refractivity contribution in [2.24, 2.45) is 5.41 Å². The van der Waals surface area contributed by atoms with Crippen molar-refractivity contribution < 1.29 is 14.3 Å². The van der Waals surface area contributed by atoms with Crippen LogP contribution in [0.3, 0.4) is 0 Å². The lowest BCUT2D eigenvalue weighted by Crippen LogP contribution is -2.38. The number of ether oxygens (including phenoxy) is 2. The Morgan fingerprint density at radius 2 is 2.07 bits per heavy atom. The van der Waals surface area contributed by atoms with Crippen LogP contribution in [-0.4, -0.2) is 59.1 Å². The van der Waals surface area contributed by atoms with E-state index in [1.54, 1.807) is 11.9 Å². The molecule has 1 aliphatic heterocycles. The van der Waals surface area contributed by atoms with E-state index in [1.165, 1.54) is 17.7 Å². The predicted octanol–water partition coefficient (Wildman–Crippen LogP) is 4.21. The van der Waals surface area contributed by atoms with Gasteiger partial charge in [0.25, 0.3) is 0 Å². The van der Waals surface area contributed by atoms with Gasteiger partial charge in [-0.25, -0.2) is 4.79 Å². The number of amides is 1. The zero-order valence-corrected chi connectivity index (χ0v) is 19.6. The van der Waals surface area contributed by atoms with E-state index >= 15 is 0 Å². The molecule has 1 aromatic rings. The topological polar surface area (TPSA) is 79.5 Å². The highest BCUT2D eigenvalue weighted by molar-refractivity contribution is 5.67. The van der Waals surface area contributed by atoms with Gasteiger partial charge in [-0.3, -0.25) is 5.10 Å². The summed E-state index contributed by atoms with van der Waals surface area (Å²) in [5, 5.41) is 11.1. The standard InChI is InChI=1S/C23H40N4O3/c1-21(2,3)30-20(28)27(6)12-11-24-13-18-14-25-26-19(18)17-7-9-23(10-8-17)15-22(4,5)16-29-23/h14,17,24H,7-13,15-16H2,1-6H3,(H,25,26)/t17-,23+. The first kappa shape index (κ1) is 23.1. The number of hydrogen-bond donors (Lipinski definition) is 2. The van der Waals surface area contributed by atoms with Crippen molar-refractivity contribution in [3.63, 3.8) is 0 Å². The van der Waals surface area contributed by atoms with Gasteiger partial charge in [0.1, 0.15) is 5.60 Å². The summed E-state index contributed by atoms with van der Waals surface area (Å²) >= 11 is 0. The summed E-state index contributed by atoms with van der Waals surface area (Å²) in [5.74, 6) is 0.496. The van der Waals surface area contributed by atoms with Crippen molar-refractivity contribution in [1.82, 2.24) is 20.4 Å². The van der Waals surface area contributed by atoms with Crippen LogP contribution < -0.4 is 5.32 Å². The lowest BCUT2D eigenvalue weighted by molar-refractivity contribution is -0.0296. The maximum Gasteiger partial charge on any atom is 0.410 e. The fraction of sp³-hybridized carbons (Fsp3) is 0.826. The Labute approximate surface area is 181 Å². The number of H-pyrrole nitrogens is 1. The van der Waals surface area contributed by atoms with E-state index in [1.807, 2.05) is 27.0 Å². The molecule has 0 unspecified atom stereocenters. The van der Waals surface area contributed by atoms with Crippen LogP contribution in [0, 0.1) is 5.41 Å². The van der Waals surface area contributed by atoms with Gasteiger partial charge in [0.05, 0.1) is 17.9 Å². The number of aromatic nitrogens is 2. The molecule has 7 heteroatoms. The van der Waals surface area contributed by atoms with Crippen LogP contribution in [0.25, 0.3) is 0 Å². The van der Waals surface area contributed by atoms with Gasteiger partial charge in [-0.05, 0) is 58.3 Å². The number of likely N-dealkylation sites (N-methyl/N-ethyl adjacent to an activating group) is 1. The van der Waals surface area contributed by atoms with E-state index in [-0.39, 0.29) is 11.7 Å². The zero-order valence-electron chi connectivity index (χ0n) is 19.6. The highest BCUT2D eigenvalue weighted by atomic mass is 16.6. The van der Waals surface area contributed by atoms with Crippen LogP contribution in [-0.2, 0) is 16.0 Å². The SMILES string of the molecule is CN(CCNCc1c[nH]nc1[C@H]1CC[C@@]2(CC1)CC(C)(C)CO2)C(=O)OC(C)(C)C. The van der Waals surface area contributed by atoms with Gasteiger partial charge < -0.3 is 19.7 Å². The van der Waals surface area contributed by atoms with Crippen molar-refractivity contribution in [3.8, 4) is 0 Å². The van der Waals surface area contributed by atoms with Crippen molar-refractivity contribution in [3.05, 3.63) is 17.5 Å². The molecule has 0 aromatic carbocycles. The van der Waals surface area contributed by atoms with E-state index in [0.717, 1.165) is 38.8 Å². The highest BCUT2D eigenvalue weighted by Crippen LogP contribution is 2.49. The Kier molecular flexibility index (Phi) is 6.82. The lowest BCUT2D eigenvalue weighted by atomic mass is 9.72. The largest absolute Gasteiger partial charge is 0.444 e. The molecule has 0 atom stereocenters. The first-order chi connectivity index (χ1) is 14.0. The third kappa shape index (κ3) is 5.97. The van der Waals surface area contributed by atoms with Crippen LogP contribution in [0.5, 0.6) is 0 Å². The van der Waals surface area contributed by atoms with Crippen molar-refractivity contribution in [2.45, 2.75) is 90.4 Å². The molecule has 170 valence electrons. The molecule has 30 heavy (non-hydrogen) atoms. The molecule has 1 aliphatic carbocycles. The Morgan fingerprint density at radius 1 is 1.37 bits per heavy atom. The molecule has 1 saturated carbocycles. The fourth-order valence-electron chi connectivity index (χ4n) is 4.78. The number of nitrogens with zero attached hydrogens (tertiary/aromatic N) is 2. The van der Waals surface area contributed by atoms with Gasteiger partial charge in [-0.1, -0.05) is 13.8 Å². The number of nitrogens with one attached hydrogen (secondary N) is 2. The summed E-state index contributed by atoms with van der Waals surface area (Å²) in [6.45, 7) is 13.2. The monoisotopic (exact) mass is 420 g/mol. The minimum absolute atomic E-state index is 0.0982. The van der Waals surface area contributed by atoms with E-state index < -0.39 is 5.60 Å². The molecular weight excluding hydrogens is 380 g/mol. The van der Waals surface area contributed by atoms with E-state index in [0.29, 0.717) is 24.4 Å². The van der Waals surface area contributed by atoms with Gasteiger partial charge in [0, 0.05) is 44.4 Å². The molecule has 1 saturated heterocycles. The molecule has 2 fully saturated rings. The number of rotatable bonds is 6. The molecule has 1 amide bonds. The number of carbonyl (C=O) groups is 1. The molecule has 0 bridgehead atoms. The van der Waals surface area contributed by atoms with Crippen LogP contribution in [0.2, 0.25) is 0 Å². The average molecular weight is 421 g/mol. The minimum Gasteiger partial charge on any atom is -0.444 e. The van der Waals surface area contributed by atoms with Crippen LogP contribution >= 0.6 is 0 Å². The highest BCUT2D eigenvalue weighted by Gasteiger charge is 2.46. The number of aromatic amines is 1. The van der Waals surface area contributed by atoms with Crippen molar-refractivity contribution in [1.29, 1.82) is 0 Å². The Hall–Kier alpha value is -1.60. The summed E-state index contributed by atoms with van der Waals surface area (Å²) in [6.07, 6.45) is 7.40. The maximum atomic E-state index is 12.0. The smallest absolute Gasteiger partial charge is 0.410 e. The zero-order chi connectivity index (χ0) is 22.0. The Morgan fingerprint density at radius 3 is 2.67 bits per heavy atom. The maximum absolute atomic E-state index is 12.0. The fourth-order valence-corrected chi connectivity index (χ4v) is 4.78. The van der Waals surface area contributed by atoms with Crippen molar-refractivity contribution >= 4 is 6.09 Å². The molecule has 3 rings (SSSR count). The molecule has 7 nitrogen and oxygen atoms in total. The molecule has 2 heterocycles. The van der Waals surface area contributed by atoms with E-state index in [2.05, 4.69) is 29.4 Å². The van der Waals surface area contributed by atoms with Gasteiger partial charge in [-0.2, -0.15) is 5.10 Å². The quantitative estimate of drug-likeness (QED) is 0.674. The van der Waals surface area contributed by atoms with Gasteiger partial charge in [0.15, 0.2) is 0 Å². The van der Waals surface area contributed by atoms with Gasteiger partial charge in [0.2, 0.25) is 0 Å². The Balaban J connectivity index is 1.44. The summed E-state index contributed by atoms with van der Waals surface area (Å²) in [4.78, 5) is 13.6. The summed E-state index contributed by atoms with van der Waals surface area (Å²) in [5.41, 5.74) is 2.35. The Bertz CT molecular complexity index is 714. The number of carbonyl (C=O) groups excluding carboxylic acids is 1. The third-order valence-electron chi connectivity index (χ3n) is 6.25. The summed E-state index contributed by atoms with van der Waals surface area (Å²) < 4.78 is 11.6. The third-order valence-corrected chi connectivity index (χ3v) is 6.25. The van der Waals surface area contributed by atoms with Gasteiger partial charge >= 0.3 is 6.09 Å². The second-order valence-electron chi connectivity index (χ2n) is 11.0. The average Bonchev–Trinajstić information content (AvgIpc) is 3.22. The lowest BCUT2D eigenvalue weighted by Gasteiger charge is -2.37. The van der Waals surface area contributed by atoms with Crippen LogP contribution in [0.1, 0.15) is 83.9 Å². The molecule has 2 N–H and O–H groups in total. The number of hydrogen-bond acceptors (Lipinski definition) is 5. The first-order valence-electron chi connectivity index (χ1n) is 11.3. The normalized spacial score (nSPS) is 26.1. The van der Waals surface area contributed by atoms with E-state index in [9.17, 15) is 4.79 Å². The van der Waals surface area contributed by atoms with Crippen molar-refractivity contribution in [2.75, 3.05) is 26.7 Å². The van der Waals surface area contributed by atoms with E-state index in [4.69, 9.17) is 9.47 Å². The van der Waals surface area contributed by atoms with Gasteiger partial charge in [-0.15, -0.1) is 0 Å². The van der Waals surface area contributed by atoms with Crippen LogP contribution in [0.4, 0.5) is 4.79 Å². The first-order valence-corrected chi connectivity index (χ1v) is 11.3. The molecule has 1 aromatic heterocycles. The predicted molar refractivity (Wildman–Crippen MR) is 117 cm³/mol.